The van der Waals surface area contributed by atoms with E-state index in [0.29, 0.717) is 5.82 Å². The predicted molar refractivity (Wildman–Crippen MR) is 71.8 cm³/mol. The van der Waals surface area contributed by atoms with Crippen LogP contribution in [0.25, 0.3) is 11.4 Å². The molecule has 1 N–H and O–H groups in total. The first-order chi connectivity index (χ1) is 8.65. The van der Waals surface area contributed by atoms with Crippen LogP contribution < -0.4 is 5.56 Å². The molecule has 0 aliphatic heterocycles. The maximum atomic E-state index is 12.0. The van der Waals surface area contributed by atoms with E-state index in [2.05, 4.69) is 35.9 Å². The summed E-state index contributed by atoms with van der Waals surface area (Å²) in [7, 11) is 0. The third-order valence-corrected chi connectivity index (χ3v) is 3.72. The zero-order valence-corrected chi connectivity index (χ0v) is 10.7. The molecule has 2 aromatic rings. The highest BCUT2D eigenvalue weighted by Crippen LogP contribution is 2.21. The standard InChI is InChI=1S/C15H16N2O/c1-9-6-7-11(8-10(9)2)14-16-13-5-3-4-12(13)15(18)17-14/h6-8H,3-5H2,1-2H3,(H,16,17,18). The van der Waals surface area contributed by atoms with Crippen LogP contribution in [0.5, 0.6) is 0 Å². The number of hydrogen-bond acceptors (Lipinski definition) is 2. The molecule has 0 saturated heterocycles. The Kier molecular flexibility index (Phi) is 2.54. The van der Waals surface area contributed by atoms with Crippen LogP contribution in [0.2, 0.25) is 0 Å². The summed E-state index contributed by atoms with van der Waals surface area (Å²) < 4.78 is 0. The minimum absolute atomic E-state index is 0.0331. The third-order valence-electron chi connectivity index (χ3n) is 3.72. The van der Waals surface area contributed by atoms with E-state index in [1.807, 2.05) is 6.07 Å². The van der Waals surface area contributed by atoms with Gasteiger partial charge in [0.15, 0.2) is 0 Å². The van der Waals surface area contributed by atoms with Crippen molar-refractivity contribution in [3.05, 3.63) is 50.9 Å². The van der Waals surface area contributed by atoms with Gasteiger partial charge in [-0.15, -0.1) is 0 Å². The van der Waals surface area contributed by atoms with Crippen LogP contribution in [0, 0.1) is 13.8 Å². The normalized spacial score (nSPS) is 13.7. The summed E-state index contributed by atoms with van der Waals surface area (Å²) in [5.74, 6) is 0.698. The highest BCUT2D eigenvalue weighted by atomic mass is 16.1. The number of aromatic nitrogens is 2. The van der Waals surface area contributed by atoms with Crippen molar-refractivity contribution >= 4 is 0 Å². The number of H-pyrrole nitrogens is 1. The molecular formula is C15H16N2O. The van der Waals surface area contributed by atoms with Gasteiger partial charge in [-0.05, 0) is 50.3 Å². The Morgan fingerprint density at radius 3 is 2.78 bits per heavy atom. The fourth-order valence-corrected chi connectivity index (χ4v) is 2.47. The monoisotopic (exact) mass is 240 g/mol. The average Bonchev–Trinajstić information content (AvgIpc) is 2.81. The van der Waals surface area contributed by atoms with Crippen LogP contribution in [-0.2, 0) is 12.8 Å². The van der Waals surface area contributed by atoms with E-state index in [1.165, 1.54) is 11.1 Å². The molecule has 0 atom stereocenters. The molecule has 0 bridgehead atoms. The fraction of sp³-hybridized carbons (Fsp3) is 0.333. The summed E-state index contributed by atoms with van der Waals surface area (Å²) >= 11 is 0. The molecule has 0 saturated carbocycles. The molecule has 18 heavy (non-hydrogen) atoms. The van der Waals surface area contributed by atoms with Crippen molar-refractivity contribution in [3.63, 3.8) is 0 Å². The summed E-state index contributed by atoms with van der Waals surface area (Å²) in [6.07, 6.45) is 2.84. The van der Waals surface area contributed by atoms with E-state index in [4.69, 9.17) is 0 Å². The Morgan fingerprint density at radius 2 is 2.00 bits per heavy atom. The average molecular weight is 240 g/mol. The van der Waals surface area contributed by atoms with Crippen LogP contribution in [0.3, 0.4) is 0 Å². The van der Waals surface area contributed by atoms with Crippen LogP contribution in [0.4, 0.5) is 0 Å². The molecule has 1 aliphatic rings. The highest BCUT2D eigenvalue weighted by Gasteiger charge is 2.17. The van der Waals surface area contributed by atoms with Gasteiger partial charge >= 0.3 is 0 Å². The zero-order valence-electron chi connectivity index (χ0n) is 10.7. The van der Waals surface area contributed by atoms with Crippen molar-refractivity contribution in [1.82, 2.24) is 9.97 Å². The zero-order chi connectivity index (χ0) is 12.7. The first-order valence-electron chi connectivity index (χ1n) is 6.35. The topological polar surface area (TPSA) is 45.8 Å². The van der Waals surface area contributed by atoms with Crippen molar-refractivity contribution in [2.24, 2.45) is 0 Å². The molecule has 0 amide bonds. The van der Waals surface area contributed by atoms with Crippen LogP contribution in [-0.4, -0.2) is 9.97 Å². The molecule has 0 fully saturated rings. The number of nitrogens with one attached hydrogen (secondary N) is 1. The van der Waals surface area contributed by atoms with Gasteiger partial charge in [0.1, 0.15) is 5.82 Å². The second-order valence-corrected chi connectivity index (χ2v) is 4.99. The lowest BCUT2D eigenvalue weighted by Gasteiger charge is -2.06. The molecule has 0 spiro atoms. The van der Waals surface area contributed by atoms with Gasteiger partial charge in [0, 0.05) is 11.1 Å². The van der Waals surface area contributed by atoms with Gasteiger partial charge in [0.25, 0.3) is 5.56 Å². The van der Waals surface area contributed by atoms with Gasteiger partial charge < -0.3 is 4.98 Å². The number of aromatic amines is 1. The minimum Gasteiger partial charge on any atom is -0.306 e. The largest absolute Gasteiger partial charge is 0.306 e. The first kappa shape index (κ1) is 11.2. The lowest BCUT2D eigenvalue weighted by molar-refractivity contribution is 0.899. The Labute approximate surface area is 106 Å². The number of rotatable bonds is 1. The molecule has 1 aromatic heterocycles. The molecule has 3 nitrogen and oxygen atoms in total. The Balaban J connectivity index is 2.15. The summed E-state index contributed by atoms with van der Waals surface area (Å²) in [4.78, 5) is 19.5. The van der Waals surface area contributed by atoms with E-state index in [9.17, 15) is 4.79 Å². The number of fused-ring (bicyclic) bond motifs is 1. The van der Waals surface area contributed by atoms with Gasteiger partial charge in [-0.3, -0.25) is 4.79 Å². The van der Waals surface area contributed by atoms with E-state index in [1.54, 1.807) is 0 Å². The Morgan fingerprint density at radius 1 is 1.17 bits per heavy atom. The summed E-state index contributed by atoms with van der Waals surface area (Å²) in [6.45, 7) is 4.16. The lowest BCUT2D eigenvalue weighted by atomic mass is 10.1. The predicted octanol–water partition coefficient (Wildman–Crippen LogP) is 2.54. The van der Waals surface area contributed by atoms with E-state index >= 15 is 0 Å². The van der Waals surface area contributed by atoms with Crippen molar-refractivity contribution in [1.29, 1.82) is 0 Å². The van der Waals surface area contributed by atoms with Gasteiger partial charge in [-0.25, -0.2) is 4.98 Å². The number of aryl methyl sites for hydroxylation is 3. The minimum atomic E-state index is 0.0331. The smallest absolute Gasteiger partial charge is 0.254 e. The molecule has 1 heterocycles. The van der Waals surface area contributed by atoms with Gasteiger partial charge in [-0.1, -0.05) is 12.1 Å². The maximum absolute atomic E-state index is 12.0. The van der Waals surface area contributed by atoms with Crippen molar-refractivity contribution < 1.29 is 0 Å². The lowest BCUT2D eigenvalue weighted by Crippen LogP contribution is -2.15. The molecule has 92 valence electrons. The second kappa shape index (κ2) is 4.09. The molecular weight excluding hydrogens is 224 g/mol. The van der Waals surface area contributed by atoms with E-state index < -0.39 is 0 Å². The first-order valence-corrected chi connectivity index (χ1v) is 6.35. The van der Waals surface area contributed by atoms with Crippen LogP contribution >= 0.6 is 0 Å². The summed E-state index contributed by atoms with van der Waals surface area (Å²) in [5, 5.41) is 0. The second-order valence-electron chi connectivity index (χ2n) is 4.99. The molecule has 3 heteroatoms. The van der Waals surface area contributed by atoms with E-state index in [-0.39, 0.29) is 5.56 Å². The SMILES string of the molecule is Cc1ccc(-c2nc3c(c(=O)[nH]2)CCC3)cc1C. The quantitative estimate of drug-likeness (QED) is 0.832. The molecule has 0 radical (unpaired) electrons. The molecule has 0 unspecified atom stereocenters. The van der Waals surface area contributed by atoms with Gasteiger partial charge in [0.05, 0.1) is 5.69 Å². The van der Waals surface area contributed by atoms with Crippen molar-refractivity contribution in [2.45, 2.75) is 33.1 Å². The third kappa shape index (κ3) is 1.76. The van der Waals surface area contributed by atoms with Crippen molar-refractivity contribution in [3.8, 4) is 11.4 Å². The number of benzene rings is 1. The molecule has 1 aromatic carbocycles. The summed E-state index contributed by atoms with van der Waals surface area (Å²) in [6, 6.07) is 6.16. The van der Waals surface area contributed by atoms with Crippen molar-refractivity contribution in [2.75, 3.05) is 0 Å². The van der Waals surface area contributed by atoms with Gasteiger partial charge in [-0.2, -0.15) is 0 Å². The number of hydrogen-bond donors (Lipinski definition) is 1. The van der Waals surface area contributed by atoms with Gasteiger partial charge in [0.2, 0.25) is 0 Å². The number of nitrogens with zero attached hydrogens (tertiary/aromatic N) is 1. The Bertz CT molecular complexity index is 671. The summed E-state index contributed by atoms with van der Waals surface area (Å²) in [5.41, 5.74) is 5.35. The fourth-order valence-electron chi connectivity index (χ4n) is 2.47. The van der Waals surface area contributed by atoms with Crippen LogP contribution in [0.15, 0.2) is 23.0 Å². The van der Waals surface area contributed by atoms with E-state index in [0.717, 1.165) is 36.1 Å². The Hall–Kier alpha value is -1.90. The van der Waals surface area contributed by atoms with Crippen LogP contribution in [0.1, 0.15) is 28.8 Å². The molecule has 1 aliphatic carbocycles. The maximum Gasteiger partial charge on any atom is 0.254 e. The molecule has 3 rings (SSSR count). The highest BCUT2D eigenvalue weighted by molar-refractivity contribution is 5.57.